The number of hydrogen-bond donors (Lipinski definition) is 1. The SMILES string of the molecule is C#Cc1c(/C(C#N)=C\C)[nH]c2ccccc12. The van der Waals surface area contributed by atoms with Crippen LogP contribution in [0.3, 0.4) is 0 Å². The van der Waals surface area contributed by atoms with E-state index in [-0.39, 0.29) is 0 Å². The van der Waals surface area contributed by atoms with Crippen LogP contribution in [0.1, 0.15) is 18.2 Å². The average molecular weight is 206 g/mol. The highest BCUT2D eigenvalue weighted by Crippen LogP contribution is 2.26. The predicted molar refractivity (Wildman–Crippen MR) is 65.5 cm³/mol. The van der Waals surface area contributed by atoms with Crippen molar-refractivity contribution in [3.05, 3.63) is 41.6 Å². The first-order valence-corrected chi connectivity index (χ1v) is 4.96. The Bertz CT molecular complexity index is 645. The van der Waals surface area contributed by atoms with Gasteiger partial charge in [-0.05, 0) is 13.0 Å². The van der Waals surface area contributed by atoms with Crippen LogP contribution in [0.4, 0.5) is 0 Å². The van der Waals surface area contributed by atoms with Gasteiger partial charge in [0.25, 0.3) is 0 Å². The lowest BCUT2D eigenvalue weighted by molar-refractivity contribution is 1.38. The Morgan fingerprint density at radius 1 is 1.44 bits per heavy atom. The van der Waals surface area contributed by atoms with E-state index < -0.39 is 0 Å². The van der Waals surface area contributed by atoms with Gasteiger partial charge in [0, 0.05) is 10.9 Å². The van der Waals surface area contributed by atoms with Crippen molar-refractivity contribution in [3.8, 4) is 18.4 Å². The summed E-state index contributed by atoms with van der Waals surface area (Å²) in [5.74, 6) is 2.64. The number of H-pyrrole nitrogens is 1. The van der Waals surface area contributed by atoms with E-state index in [1.807, 2.05) is 31.2 Å². The molecule has 0 saturated heterocycles. The highest BCUT2D eigenvalue weighted by molar-refractivity contribution is 5.94. The summed E-state index contributed by atoms with van der Waals surface area (Å²) in [7, 11) is 0. The van der Waals surface area contributed by atoms with Crippen molar-refractivity contribution in [1.29, 1.82) is 5.26 Å². The molecule has 0 aliphatic rings. The molecular weight excluding hydrogens is 196 g/mol. The van der Waals surface area contributed by atoms with E-state index in [2.05, 4.69) is 17.0 Å². The highest BCUT2D eigenvalue weighted by atomic mass is 14.7. The van der Waals surface area contributed by atoms with Gasteiger partial charge < -0.3 is 4.98 Å². The summed E-state index contributed by atoms with van der Waals surface area (Å²) in [5.41, 5.74) is 3.02. The third kappa shape index (κ3) is 1.38. The number of hydrogen-bond acceptors (Lipinski definition) is 1. The number of benzene rings is 1. The molecule has 0 amide bonds. The van der Waals surface area contributed by atoms with Crippen LogP contribution in [0.5, 0.6) is 0 Å². The Morgan fingerprint density at radius 2 is 2.19 bits per heavy atom. The first kappa shape index (κ1) is 10.1. The molecule has 1 aromatic heterocycles. The van der Waals surface area contributed by atoms with E-state index in [4.69, 9.17) is 11.7 Å². The first-order chi connectivity index (χ1) is 7.81. The van der Waals surface area contributed by atoms with Crippen LogP contribution in [0.2, 0.25) is 0 Å². The number of nitrogens with zero attached hydrogens (tertiary/aromatic N) is 1. The number of nitrogens with one attached hydrogen (secondary N) is 1. The van der Waals surface area contributed by atoms with Crippen molar-refractivity contribution < 1.29 is 0 Å². The molecule has 0 spiro atoms. The van der Waals surface area contributed by atoms with E-state index in [0.29, 0.717) is 5.57 Å². The largest absolute Gasteiger partial charge is 0.353 e. The Kier molecular flexibility index (Phi) is 2.50. The van der Waals surface area contributed by atoms with Crippen LogP contribution < -0.4 is 0 Å². The maximum Gasteiger partial charge on any atom is 0.101 e. The van der Waals surface area contributed by atoms with Gasteiger partial charge in [-0.3, -0.25) is 0 Å². The average Bonchev–Trinajstić information content (AvgIpc) is 2.69. The Labute approximate surface area is 94.2 Å². The number of fused-ring (bicyclic) bond motifs is 1. The third-order valence-corrected chi connectivity index (χ3v) is 2.53. The molecule has 16 heavy (non-hydrogen) atoms. The second-order valence-corrected chi connectivity index (χ2v) is 3.38. The molecule has 2 nitrogen and oxygen atoms in total. The first-order valence-electron chi connectivity index (χ1n) is 4.96. The minimum Gasteiger partial charge on any atom is -0.353 e. The molecule has 0 saturated carbocycles. The van der Waals surface area contributed by atoms with Gasteiger partial charge in [-0.25, -0.2) is 0 Å². The number of allylic oxidation sites excluding steroid dienone is 2. The lowest BCUT2D eigenvalue weighted by Gasteiger charge is -1.94. The van der Waals surface area contributed by atoms with Gasteiger partial charge in [-0.2, -0.15) is 5.26 Å². The van der Waals surface area contributed by atoms with Crippen LogP contribution in [0.15, 0.2) is 30.3 Å². The Balaban J connectivity index is 2.83. The second-order valence-electron chi connectivity index (χ2n) is 3.38. The molecule has 2 heteroatoms. The number of aromatic amines is 1. The van der Waals surface area contributed by atoms with E-state index >= 15 is 0 Å². The molecule has 1 aromatic carbocycles. The quantitative estimate of drug-likeness (QED) is 0.565. The molecule has 2 rings (SSSR count). The predicted octanol–water partition coefficient (Wildman–Crippen LogP) is 3.08. The summed E-state index contributed by atoms with van der Waals surface area (Å²) in [6.45, 7) is 1.82. The second kappa shape index (κ2) is 3.96. The zero-order valence-electron chi connectivity index (χ0n) is 8.91. The normalized spacial score (nSPS) is 11.1. The lowest BCUT2D eigenvalue weighted by Crippen LogP contribution is -1.84. The van der Waals surface area contributed by atoms with Crippen LogP contribution >= 0.6 is 0 Å². The number of terminal acetylenes is 1. The highest BCUT2D eigenvalue weighted by Gasteiger charge is 2.11. The van der Waals surface area contributed by atoms with Gasteiger partial charge in [-0.1, -0.05) is 30.2 Å². The zero-order valence-corrected chi connectivity index (χ0v) is 8.91. The minimum atomic E-state index is 0.573. The molecule has 2 aromatic rings. The minimum absolute atomic E-state index is 0.573. The monoisotopic (exact) mass is 206 g/mol. The molecule has 0 bridgehead atoms. The molecule has 1 heterocycles. The molecule has 76 valence electrons. The number of para-hydroxylation sites is 1. The Hall–Kier alpha value is -2.45. The van der Waals surface area contributed by atoms with Crippen molar-refractivity contribution in [2.24, 2.45) is 0 Å². The molecule has 0 unspecified atom stereocenters. The van der Waals surface area contributed by atoms with Gasteiger partial charge >= 0.3 is 0 Å². The molecule has 0 radical (unpaired) electrons. The van der Waals surface area contributed by atoms with Crippen LogP contribution in [0.25, 0.3) is 16.5 Å². The number of rotatable bonds is 1. The third-order valence-electron chi connectivity index (χ3n) is 2.53. The summed E-state index contributed by atoms with van der Waals surface area (Å²) >= 11 is 0. The molecule has 0 atom stereocenters. The van der Waals surface area contributed by atoms with E-state index in [0.717, 1.165) is 22.2 Å². The van der Waals surface area contributed by atoms with Crippen LogP contribution in [-0.4, -0.2) is 4.98 Å². The van der Waals surface area contributed by atoms with E-state index in [1.165, 1.54) is 0 Å². The van der Waals surface area contributed by atoms with Crippen LogP contribution in [-0.2, 0) is 0 Å². The molecule has 0 aliphatic heterocycles. The molecule has 1 N–H and O–H groups in total. The lowest BCUT2D eigenvalue weighted by atomic mass is 10.1. The molecule has 0 aliphatic carbocycles. The van der Waals surface area contributed by atoms with Crippen molar-refractivity contribution in [1.82, 2.24) is 4.98 Å². The van der Waals surface area contributed by atoms with Crippen molar-refractivity contribution in [2.45, 2.75) is 6.92 Å². The number of aromatic nitrogens is 1. The van der Waals surface area contributed by atoms with Gasteiger partial charge in [0.15, 0.2) is 0 Å². The fourth-order valence-electron chi connectivity index (χ4n) is 1.76. The van der Waals surface area contributed by atoms with Gasteiger partial charge in [0.05, 0.1) is 16.8 Å². The summed E-state index contributed by atoms with van der Waals surface area (Å²) in [5, 5.41) is 10.00. The molecule has 0 fully saturated rings. The van der Waals surface area contributed by atoms with Crippen molar-refractivity contribution >= 4 is 16.5 Å². The topological polar surface area (TPSA) is 39.6 Å². The van der Waals surface area contributed by atoms with E-state index in [1.54, 1.807) is 6.08 Å². The fraction of sp³-hybridized carbons (Fsp3) is 0.0714. The van der Waals surface area contributed by atoms with Crippen LogP contribution in [0, 0.1) is 23.7 Å². The maximum atomic E-state index is 9.02. The fourth-order valence-corrected chi connectivity index (χ4v) is 1.76. The summed E-state index contributed by atoms with van der Waals surface area (Å²) in [6.07, 6.45) is 7.26. The maximum absolute atomic E-state index is 9.02. The zero-order chi connectivity index (χ0) is 11.5. The van der Waals surface area contributed by atoms with Gasteiger partial charge in [-0.15, -0.1) is 6.42 Å². The van der Waals surface area contributed by atoms with Crippen molar-refractivity contribution in [2.75, 3.05) is 0 Å². The Morgan fingerprint density at radius 3 is 2.81 bits per heavy atom. The van der Waals surface area contributed by atoms with Crippen molar-refractivity contribution in [3.63, 3.8) is 0 Å². The summed E-state index contributed by atoms with van der Waals surface area (Å²) < 4.78 is 0. The van der Waals surface area contributed by atoms with Gasteiger partial charge in [0.2, 0.25) is 0 Å². The summed E-state index contributed by atoms with van der Waals surface area (Å²) in [6, 6.07) is 9.91. The standard InChI is InChI=1S/C14H10N2/c1-3-10(9-15)14-11(4-2)12-7-5-6-8-13(12)16-14/h2-3,5-8,16H,1H3/b10-3-. The number of nitriles is 1. The van der Waals surface area contributed by atoms with E-state index in [9.17, 15) is 0 Å². The van der Waals surface area contributed by atoms with Gasteiger partial charge in [0.1, 0.15) is 6.07 Å². The summed E-state index contributed by atoms with van der Waals surface area (Å²) in [4.78, 5) is 3.18. The molecular formula is C14H10N2. The smallest absolute Gasteiger partial charge is 0.101 e.